The lowest BCUT2D eigenvalue weighted by atomic mass is 9.78. The van der Waals surface area contributed by atoms with Gasteiger partial charge in [-0.15, -0.1) is 0 Å². The molecule has 2 aliphatic rings. The molecule has 0 amide bonds. The Kier molecular flexibility index (Phi) is 2.01. The largest absolute Gasteiger partial charge is 0.299 e. The minimum Gasteiger partial charge on any atom is -0.299 e. The van der Waals surface area contributed by atoms with Crippen molar-refractivity contribution in [1.82, 2.24) is 0 Å². The molecular formula is C12H20O. The van der Waals surface area contributed by atoms with E-state index < -0.39 is 0 Å². The summed E-state index contributed by atoms with van der Waals surface area (Å²) in [6.07, 6.45) is 4.52. The van der Waals surface area contributed by atoms with Crippen molar-refractivity contribution in [3.63, 3.8) is 0 Å². The van der Waals surface area contributed by atoms with Gasteiger partial charge < -0.3 is 0 Å². The van der Waals surface area contributed by atoms with Gasteiger partial charge in [0, 0.05) is 12.3 Å². The summed E-state index contributed by atoms with van der Waals surface area (Å²) in [5.41, 5.74) is 0.407. The number of fused-ring (bicyclic) bond motifs is 1. The lowest BCUT2D eigenvalue weighted by Crippen LogP contribution is -2.18. The Hall–Kier alpha value is -0.330. The molecule has 0 aromatic heterocycles. The molecule has 0 bridgehead atoms. The van der Waals surface area contributed by atoms with Crippen LogP contribution in [0.3, 0.4) is 0 Å². The van der Waals surface area contributed by atoms with Gasteiger partial charge in [0.2, 0.25) is 0 Å². The topological polar surface area (TPSA) is 17.1 Å². The molecule has 0 spiro atoms. The monoisotopic (exact) mass is 180 g/mol. The van der Waals surface area contributed by atoms with Crippen LogP contribution in [0, 0.1) is 23.2 Å². The Morgan fingerprint density at radius 2 is 1.92 bits per heavy atom. The normalized spacial score (nSPS) is 39.6. The molecule has 1 nitrogen and oxygen atoms in total. The Bertz CT molecular complexity index is 224. The molecule has 0 radical (unpaired) electrons. The SMILES string of the molecule is CC(C)(C)[C@H]1CC2CCC(=O)C2C1. The van der Waals surface area contributed by atoms with E-state index in [9.17, 15) is 4.79 Å². The first-order valence-corrected chi connectivity index (χ1v) is 5.51. The molecule has 0 aromatic carbocycles. The average molecular weight is 180 g/mol. The van der Waals surface area contributed by atoms with Gasteiger partial charge in [-0.05, 0) is 36.5 Å². The summed E-state index contributed by atoms with van der Waals surface area (Å²) in [4.78, 5) is 11.5. The molecule has 0 aromatic rings. The Labute approximate surface area is 80.9 Å². The molecule has 74 valence electrons. The summed E-state index contributed by atoms with van der Waals surface area (Å²) < 4.78 is 0. The predicted octanol–water partition coefficient (Wildman–Crippen LogP) is 3.04. The molecular weight excluding hydrogens is 160 g/mol. The van der Waals surface area contributed by atoms with Crippen molar-refractivity contribution in [3.8, 4) is 0 Å². The summed E-state index contributed by atoms with van der Waals surface area (Å²) in [6.45, 7) is 6.93. The highest BCUT2D eigenvalue weighted by atomic mass is 16.1. The van der Waals surface area contributed by atoms with Crippen LogP contribution in [0.2, 0.25) is 0 Å². The van der Waals surface area contributed by atoms with E-state index >= 15 is 0 Å². The van der Waals surface area contributed by atoms with Crippen molar-refractivity contribution in [3.05, 3.63) is 0 Å². The standard InChI is InChI=1S/C12H20O/c1-12(2,3)9-6-8-4-5-11(13)10(8)7-9/h8-10H,4-7H2,1-3H3/t8?,9-,10?/m0/s1. The molecule has 1 heteroatoms. The van der Waals surface area contributed by atoms with Gasteiger partial charge in [0.25, 0.3) is 0 Å². The molecule has 2 unspecified atom stereocenters. The smallest absolute Gasteiger partial charge is 0.136 e. The fourth-order valence-electron chi connectivity index (χ4n) is 3.06. The van der Waals surface area contributed by atoms with E-state index in [1.54, 1.807) is 0 Å². The zero-order valence-corrected chi connectivity index (χ0v) is 8.97. The first-order valence-electron chi connectivity index (χ1n) is 5.51. The van der Waals surface area contributed by atoms with Crippen LogP contribution in [0.1, 0.15) is 46.5 Å². The molecule has 0 heterocycles. The zero-order valence-electron chi connectivity index (χ0n) is 8.97. The minimum atomic E-state index is 0.407. The summed E-state index contributed by atoms with van der Waals surface area (Å²) >= 11 is 0. The third-order valence-electron chi connectivity index (χ3n) is 4.09. The number of rotatable bonds is 0. The van der Waals surface area contributed by atoms with Crippen molar-refractivity contribution in [1.29, 1.82) is 0 Å². The van der Waals surface area contributed by atoms with Crippen LogP contribution in [0.5, 0.6) is 0 Å². The van der Waals surface area contributed by atoms with Crippen molar-refractivity contribution < 1.29 is 4.79 Å². The van der Waals surface area contributed by atoms with E-state index in [-0.39, 0.29) is 0 Å². The average Bonchev–Trinajstić information content (AvgIpc) is 2.51. The maximum Gasteiger partial charge on any atom is 0.136 e. The number of Topliss-reactive ketones (excluding diaryl/α,β-unsaturated/α-hetero) is 1. The highest BCUT2D eigenvalue weighted by Crippen LogP contribution is 2.50. The number of carbonyl (C=O) groups excluding carboxylic acids is 1. The lowest BCUT2D eigenvalue weighted by Gasteiger charge is -2.27. The number of ketones is 1. The molecule has 2 fully saturated rings. The van der Waals surface area contributed by atoms with Crippen LogP contribution in [0.25, 0.3) is 0 Å². The van der Waals surface area contributed by atoms with E-state index in [2.05, 4.69) is 20.8 Å². The van der Waals surface area contributed by atoms with Crippen molar-refractivity contribution in [2.45, 2.75) is 46.5 Å². The molecule has 3 atom stereocenters. The van der Waals surface area contributed by atoms with Gasteiger partial charge in [-0.3, -0.25) is 4.79 Å². The van der Waals surface area contributed by atoms with E-state index in [0.717, 1.165) is 18.3 Å². The Balaban J connectivity index is 2.07. The number of hydrogen-bond acceptors (Lipinski definition) is 1. The van der Waals surface area contributed by atoms with Gasteiger partial charge >= 0.3 is 0 Å². The zero-order chi connectivity index (χ0) is 9.64. The number of carbonyl (C=O) groups is 1. The Morgan fingerprint density at radius 1 is 1.23 bits per heavy atom. The van der Waals surface area contributed by atoms with E-state index in [4.69, 9.17) is 0 Å². The van der Waals surface area contributed by atoms with Gasteiger partial charge in [0.05, 0.1) is 0 Å². The third-order valence-corrected chi connectivity index (χ3v) is 4.09. The minimum absolute atomic E-state index is 0.407. The molecule has 2 aliphatic carbocycles. The quantitative estimate of drug-likeness (QED) is 0.560. The predicted molar refractivity (Wildman–Crippen MR) is 53.4 cm³/mol. The highest BCUT2D eigenvalue weighted by molar-refractivity contribution is 5.83. The van der Waals surface area contributed by atoms with Crippen LogP contribution >= 0.6 is 0 Å². The molecule has 0 saturated heterocycles. The van der Waals surface area contributed by atoms with Crippen molar-refractivity contribution >= 4 is 5.78 Å². The first-order chi connectivity index (χ1) is 5.98. The maximum absolute atomic E-state index is 11.5. The maximum atomic E-state index is 11.5. The van der Waals surface area contributed by atoms with Crippen LogP contribution in [-0.4, -0.2) is 5.78 Å². The van der Waals surface area contributed by atoms with E-state index in [1.807, 2.05) is 0 Å². The second kappa shape index (κ2) is 2.83. The fraction of sp³-hybridized carbons (Fsp3) is 0.917. The second-order valence-electron chi connectivity index (χ2n) is 5.91. The van der Waals surface area contributed by atoms with E-state index in [0.29, 0.717) is 17.1 Å². The van der Waals surface area contributed by atoms with E-state index in [1.165, 1.54) is 19.3 Å². The van der Waals surface area contributed by atoms with Gasteiger partial charge in [-0.1, -0.05) is 20.8 Å². The van der Waals surface area contributed by atoms with Crippen LogP contribution in [0.4, 0.5) is 0 Å². The molecule has 13 heavy (non-hydrogen) atoms. The molecule has 2 saturated carbocycles. The van der Waals surface area contributed by atoms with Crippen molar-refractivity contribution in [2.24, 2.45) is 23.2 Å². The summed E-state index contributed by atoms with van der Waals surface area (Å²) in [6, 6.07) is 0. The lowest BCUT2D eigenvalue weighted by molar-refractivity contribution is -0.121. The summed E-state index contributed by atoms with van der Waals surface area (Å²) in [5, 5.41) is 0. The van der Waals surface area contributed by atoms with Gasteiger partial charge in [-0.25, -0.2) is 0 Å². The second-order valence-corrected chi connectivity index (χ2v) is 5.91. The third kappa shape index (κ3) is 1.53. The fourth-order valence-corrected chi connectivity index (χ4v) is 3.06. The Morgan fingerprint density at radius 3 is 2.46 bits per heavy atom. The highest BCUT2D eigenvalue weighted by Gasteiger charge is 2.45. The van der Waals surface area contributed by atoms with Crippen LogP contribution in [-0.2, 0) is 4.79 Å². The van der Waals surface area contributed by atoms with Crippen LogP contribution < -0.4 is 0 Å². The molecule has 0 N–H and O–H groups in total. The first kappa shape index (κ1) is 9.23. The number of hydrogen-bond donors (Lipinski definition) is 0. The molecule has 0 aliphatic heterocycles. The van der Waals surface area contributed by atoms with Gasteiger partial charge in [-0.2, -0.15) is 0 Å². The van der Waals surface area contributed by atoms with Gasteiger partial charge in [0.1, 0.15) is 5.78 Å². The van der Waals surface area contributed by atoms with Gasteiger partial charge in [0.15, 0.2) is 0 Å². The molecule has 2 rings (SSSR count). The summed E-state index contributed by atoms with van der Waals surface area (Å²) in [7, 11) is 0. The van der Waals surface area contributed by atoms with Crippen molar-refractivity contribution in [2.75, 3.05) is 0 Å². The summed E-state index contributed by atoms with van der Waals surface area (Å²) in [5.74, 6) is 2.53. The van der Waals surface area contributed by atoms with Crippen LogP contribution in [0.15, 0.2) is 0 Å².